The lowest BCUT2D eigenvalue weighted by atomic mass is 9.95. The van der Waals surface area contributed by atoms with E-state index in [-0.39, 0.29) is 0 Å². The van der Waals surface area contributed by atoms with Gasteiger partial charge in [0.15, 0.2) is 0 Å². The van der Waals surface area contributed by atoms with E-state index in [0.29, 0.717) is 0 Å². The van der Waals surface area contributed by atoms with Gasteiger partial charge in [-0.3, -0.25) is 0 Å². The number of nitrogens with one attached hydrogen (secondary N) is 1. The van der Waals surface area contributed by atoms with Crippen LogP contribution in [0, 0.1) is 0 Å². The normalized spacial score (nSPS) is 27.9. The molecular formula is C12H25NS. The number of hydrogen-bond donors (Lipinski definition) is 1. The fourth-order valence-corrected chi connectivity index (χ4v) is 3.72. The van der Waals surface area contributed by atoms with Gasteiger partial charge in [-0.05, 0) is 32.1 Å². The largest absolute Gasteiger partial charge is 0.316 e. The van der Waals surface area contributed by atoms with Gasteiger partial charge in [-0.25, -0.2) is 0 Å². The van der Waals surface area contributed by atoms with Gasteiger partial charge in [-0.1, -0.05) is 32.6 Å². The van der Waals surface area contributed by atoms with E-state index in [0.717, 1.165) is 11.3 Å². The summed E-state index contributed by atoms with van der Waals surface area (Å²) in [6.45, 7) is 2.28. The Labute approximate surface area is 93.4 Å². The molecule has 1 aliphatic rings. The number of hydrogen-bond acceptors (Lipinski definition) is 2. The van der Waals surface area contributed by atoms with Crippen LogP contribution < -0.4 is 5.32 Å². The molecule has 1 aliphatic carbocycles. The lowest BCUT2D eigenvalue weighted by Crippen LogP contribution is -2.38. The van der Waals surface area contributed by atoms with Gasteiger partial charge in [0.05, 0.1) is 0 Å². The molecule has 2 unspecified atom stereocenters. The molecule has 0 aliphatic heterocycles. The Morgan fingerprint density at radius 1 is 1.21 bits per heavy atom. The Kier molecular flexibility index (Phi) is 6.70. The van der Waals surface area contributed by atoms with Crippen LogP contribution in [0.3, 0.4) is 0 Å². The Morgan fingerprint density at radius 2 is 2.00 bits per heavy atom. The molecule has 0 radical (unpaired) electrons. The minimum atomic E-state index is 0.787. The fraction of sp³-hybridized carbons (Fsp3) is 1.00. The molecule has 0 heterocycles. The summed E-state index contributed by atoms with van der Waals surface area (Å²) in [6.07, 6.45) is 9.87. The maximum Gasteiger partial charge on any atom is 0.0201 e. The smallest absolute Gasteiger partial charge is 0.0201 e. The third kappa shape index (κ3) is 4.22. The van der Waals surface area contributed by atoms with Gasteiger partial charge in [0.1, 0.15) is 0 Å². The Morgan fingerprint density at radius 3 is 2.71 bits per heavy atom. The van der Waals surface area contributed by atoms with E-state index in [1.165, 1.54) is 50.7 Å². The van der Waals surface area contributed by atoms with E-state index in [4.69, 9.17) is 0 Å². The van der Waals surface area contributed by atoms with Gasteiger partial charge < -0.3 is 5.32 Å². The molecule has 0 saturated heterocycles. The standard InChI is InChI=1S/C12H25NS/c1-3-4-7-10-14-12-9-6-5-8-11(12)13-2/h11-13H,3-10H2,1-2H3. The van der Waals surface area contributed by atoms with Crippen LogP contribution in [0.15, 0.2) is 0 Å². The molecule has 1 nitrogen and oxygen atoms in total. The van der Waals surface area contributed by atoms with E-state index < -0.39 is 0 Å². The zero-order valence-corrected chi connectivity index (χ0v) is 10.5. The van der Waals surface area contributed by atoms with E-state index in [2.05, 4.69) is 31.1 Å². The summed E-state index contributed by atoms with van der Waals surface area (Å²) < 4.78 is 0. The van der Waals surface area contributed by atoms with Gasteiger partial charge in [0, 0.05) is 11.3 Å². The van der Waals surface area contributed by atoms with Crippen molar-refractivity contribution in [3.05, 3.63) is 0 Å². The number of rotatable bonds is 6. The summed E-state index contributed by atoms with van der Waals surface area (Å²) in [4.78, 5) is 0. The van der Waals surface area contributed by atoms with Crippen molar-refractivity contribution in [2.75, 3.05) is 12.8 Å². The Bertz CT molecular complexity index is 138. The monoisotopic (exact) mass is 215 g/mol. The topological polar surface area (TPSA) is 12.0 Å². The van der Waals surface area contributed by atoms with Gasteiger partial charge in [-0.2, -0.15) is 11.8 Å². The summed E-state index contributed by atoms with van der Waals surface area (Å²) in [7, 11) is 2.12. The summed E-state index contributed by atoms with van der Waals surface area (Å²) in [5.41, 5.74) is 0. The fourth-order valence-electron chi connectivity index (χ4n) is 2.21. The van der Waals surface area contributed by atoms with Crippen LogP contribution in [-0.4, -0.2) is 24.1 Å². The first kappa shape index (κ1) is 12.4. The van der Waals surface area contributed by atoms with Crippen molar-refractivity contribution in [2.24, 2.45) is 0 Å². The van der Waals surface area contributed by atoms with Crippen molar-refractivity contribution in [2.45, 2.75) is 63.2 Å². The van der Waals surface area contributed by atoms with E-state index in [9.17, 15) is 0 Å². The van der Waals surface area contributed by atoms with Gasteiger partial charge in [0.25, 0.3) is 0 Å². The molecule has 0 aromatic rings. The molecule has 2 heteroatoms. The zero-order chi connectivity index (χ0) is 10.2. The lowest BCUT2D eigenvalue weighted by molar-refractivity contribution is 0.405. The highest BCUT2D eigenvalue weighted by molar-refractivity contribution is 7.99. The van der Waals surface area contributed by atoms with Crippen LogP contribution in [-0.2, 0) is 0 Å². The minimum absolute atomic E-state index is 0.787. The molecule has 1 N–H and O–H groups in total. The second-order valence-corrected chi connectivity index (χ2v) is 5.64. The van der Waals surface area contributed by atoms with Gasteiger partial charge in [-0.15, -0.1) is 0 Å². The lowest BCUT2D eigenvalue weighted by Gasteiger charge is -2.30. The summed E-state index contributed by atoms with van der Waals surface area (Å²) in [5.74, 6) is 1.37. The zero-order valence-electron chi connectivity index (χ0n) is 9.72. The third-order valence-corrected chi connectivity index (χ3v) is 4.67. The first-order chi connectivity index (χ1) is 6.88. The number of thioether (sulfide) groups is 1. The van der Waals surface area contributed by atoms with Crippen molar-refractivity contribution in [3.63, 3.8) is 0 Å². The van der Waals surface area contributed by atoms with E-state index in [1.54, 1.807) is 0 Å². The van der Waals surface area contributed by atoms with Crippen molar-refractivity contribution >= 4 is 11.8 Å². The predicted octanol–water partition coefficient (Wildman–Crippen LogP) is 3.44. The first-order valence-electron chi connectivity index (χ1n) is 6.17. The first-order valence-corrected chi connectivity index (χ1v) is 7.22. The average molecular weight is 215 g/mol. The van der Waals surface area contributed by atoms with Crippen LogP contribution in [0.2, 0.25) is 0 Å². The second-order valence-electron chi connectivity index (χ2n) is 4.30. The highest BCUT2D eigenvalue weighted by atomic mass is 32.2. The summed E-state index contributed by atoms with van der Waals surface area (Å²) in [6, 6.07) is 0.787. The molecule has 14 heavy (non-hydrogen) atoms. The molecule has 1 saturated carbocycles. The van der Waals surface area contributed by atoms with E-state index >= 15 is 0 Å². The van der Waals surface area contributed by atoms with Crippen LogP contribution in [0.1, 0.15) is 51.9 Å². The van der Waals surface area contributed by atoms with Crippen LogP contribution in [0.5, 0.6) is 0 Å². The van der Waals surface area contributed by atoms with Gasteiger partial charge >= 0.3 is 0 Å². The number of unbranched alkanes of at least 4 members (excludes halogenated alkanes) is 2. The summed E-state index contributed by atoms with van der Waals surface area (Å²) in [5, 5.41) is 4.37. The Hall–Kier alpha value is 0.310. The molecule has 84 valence electrons. The van der Waals surface area contributed by atoms with E-state index in [1.807, 2.05) is 0 Å². The van der Waals surface area contributed by atoms with Crippen molar-refractivity contribution in [1.29, 1.82) is 0 Å². The van der Waals surface area contributed by atoms with Crippen LogP contribution >= 0.6 is 11.8 Å². The van der Waals surface area contributed by atoms with Gasteiger partial charge in [0.2, 0.25) is 0 Å². The second kappa shape index (κ2) is 7.58. The molecule has 0 spiro atoms. The van der Waals surface area contributed by atoms with Crippen molar-refractivity contribution < 1.29 is 0 Å². The molecule has 1 rings (SSSR count). The average Bonchev–Trinajstić information content (AvgIpc) is 2.25. The molecule has 0 bridgehead atoms. The molecule has 1 fully saturated rings. The predicted molar refractivity (Wildman–Crippen MR) is 67.1 cm³/mol. The molecule has 0 amide bonds. The highest BCUT2D eigenvalue weighted by Crippen LogP contribution is 2.29. The van der Waals surface area contributed by atoms with Crippen molar-refractivity contribution in [1.82, 2.24) is 5.32 Å². The van der Waals surface area contributed by atoms with Crippen molar-refractivity contribution in [3.8, 4) is 0 Å². The molecule has 0 aromatic carbocycles. The molecule has 0 aromatic heterocycles. The maximum absolute atomic E-state index is 3.47. The minimum Gasteiger partial charge on any atom is -0.316 e. The molecule has 2 atom stereocenters. The molecular weight excluding hydrogens is 190 g/mol. The summed E-state index contributed by atoms with van der Waals surface area (Å²) >= 11 is 2.21. The maximum atomic E-state index is 3.47. The quantitative estimate of drug-likeness (QED) is 0.681. The Balaban J connectivity index is 2.13. The van der Waals surface area contributed by atoms with Crippen LogP contribution in [0.4, 0.5) is 0 Å². The highest BCUT2D eigenvalue weighted by Gasteiger charge is 2.23. The SMILES string of the molecule is CCCCCSC1CCCCC1NC. The third-order valence-electron chi connectivity index (χ3n) is 3.15. The van der Waals surface area contributed by atoms with Crippen LogP contribution in [0.25, 0.3) is 0 Å².